The van der Waals surface area contributed by atoms with Gasteiger partial charge in [-0.25, -0.2) is 8.42 Å². The monoisotopic (exact) mass is 344 g/mol. The predicted molar refractivity (Wildman–Crippen MR) is 97.2 cm³/mol. The summed E-state index contributed by atoms with van der Waals surface area (Å²) in [6.07, 6.45) is 1.01. The summed E-state index contributed by atoms with van der Waals surface area (Å²) in [6, 6.07) is 19.8. The van der Waals surface area contributed by atoms with E-state index in [-0.39, 0.29) is 5.75 Å². The van der Waals surface area contributed by atoms with E-state index in [1.54, 1.807) is 4.31 Å². The van der Waals surface area contributed by atoms with E-state index in [0.717, 1.165) is 31.6 Å². The van der Waals surface area contributed by atoms with Crippen LogP contribution in [0, 0.1) is 0 Å². The molecule has 1 aliphatic heterocycles. The summed E-state index contributed by atoms with van der Waals surface area (Å²) in [6.45, 7) is 3.77. The molecule has 1 aliphatic rings. The minimum Gasteiger partial charge on any atom is -0.300 e. The molecule has 0 aromatic heterocycles. The van der Waals surface area contributed by atoms with Crippen LogP contribution in [-0.4, -0.2) is 50.3 Å². The molecule has 0 unspecified atom stereocenters. The zero-order valence-corrected chi connectivity index (χ0v) is 14.7. The van der Waals surface area contributed by atoms with Crippen molar-refractivity contribution in [3.63, 3.8) is 0 Å². The van der Waals surface area contributed by atoms with Crippen LogP contribution in [-0.2, 0) is 22.2 Å². The van der Waals surface area contributed by atoms with Crippen molar-refractivity contribution in [1.29, 1.82) is 0 Å². The number of hydrogen-bond donors (Lipinski definition) is 0. The highest BCUT2D eigenvalue weighted by Crippen LogP contribution is 2.14. The fourth-order valence-corrected chi connectivity index (χ4v) is 4.56. The Labute approximate surface area is 144 Å². The average Bonchev–Trinajstić information content (AvgIpc) is 2.62. The molecule has 0 saturated carbocycles. The number of hydrogen-bond acceptors (Lipinski definition) is 3. The van der Waals surface area contributed by atoms with Gasteiger partial charge in [0, 0.05) is 32.7 Å². The van der Waals surface area contributed by atoms with Crippen molar-refractivity contribution in [3.8, 4) is 0 Å². The molecule has 0 aliphatic carbocycles. The molecule has 2 aromatic carbocycles. The van der Waals surface area contributed by atoms with Crippen molar-refractivity contribution in [2.45, 2.75) is 12.2 Å². The Hall–Kier alpha value is -1.69. The first-order valence-electron chi connectivity index (χ1n) is 8.41. The van der Waals surface area contributed by atoms with Crippen LogP contribution in [0.5, 0.6) is 0 Å². The quantitative estimate of drug-likeness (QED) is 0.808. The first kappa shape index (κ1) is 17.1. The maximum atomic E-state index is 12.5. The van der Waals surface area contributed by atoms with E-state index in [0.29, 0.717) is 13.1 Å². The Kier molecular flexibility index (Phi) is 5.66. The molecule has 0 spiro atoms. The van der Waals surface area contributed by atoms with Gasteiger partial charge in [0.15, 0.2) is 0 Å². The van der Waals surface area contributed by atoms with Crippen molar-refractivity contribution in [1.82, 2.24) is 9.21 Å². The summed E-state index contributed by atoms with van der Waals surface area (Å²) in [5.41, 5.74) is 2.18. The van der Waals surface area contributed by atoms with Crippen LogP contribution in [0.25, 0.3) is 0 Å². The molecule has 3 rings (SSSR count). The molecule has 4 nitrogen and oxygen atoms in total. The van der Waals surface area contributed by atoms with Crippen LogP contribution in [0.2, 0.25) is 0 Å². The molecule has 24 heavy (non-hydrogen) atoms. The second kappa shape index (κ2) is 7.92. The number of piperazine rings is 1. The van der Waals surface area contributed by atoms with Gasteiger partial charge in [-0.1, -0.05) is 60.7 Å². The lowest BCUT2D eigenvalue weighted by Crippen LogP contribution is -2.49. The fourth-order valence-electron chi connectivity index (χ4n) is 3.04. The van der Waals surface area contributed by atoms with E-state index in [1.807, 2.05) is 36.4 Å². The molecule has 128 valence electrons. The van der Waals surface area contributed by atoms with E-state index in [4.69, 9.17) is 0 Å². The van der Waals surface area contributed by atoms with Crippen LogP contribution in [0.4, 0.5) is 0 Å². The summed E-state index contributed by atoms with van der Waals surface area (Å²) in [7, 11) is -3.22. The number of sulfonamides is 1. The summed E-state index contributed by atoms with van der Waals surface area (Å²) >= 11 is 0. The van der Waals surface area contributed by atoms with E-state index < -0.39 is 10.0 Å². The molecule has 0 atom stereocenters. The third kappa shape index (κ3) is 4.66. The van der Waals surface area contributed by atoms with E-state index in [1.165, 1.54) is 5.56 Å². The number of rotatable bonds is 6. The second-order valence-corrected chi connectivity index (χ2v) is 8.19. The highest BCUT2D eigenvalue weighted by molar-refractivity contribution is 7.88. The Morgan fingerprint density at radius 1 is 0.750 bits per heavy atom. The summed E-state index contributed by atoms with van der Waals surface area (Å²) in [5, 5.41) is 0. The van der Waals surface area contributed by atoms with Crippen molar-refractivity contribution in [2.24, 2.45) is 0 Å². The zero-order valence-electron chi connectivity index (χ0n) is 13.8. The van der Waals surface area contributed by atoms with Gasteiger partial charge in [-0.2, -0.15) is 4.31 Å². The van der Waals surface area contributed by atoms with Crippen molar-refractivity contribution in [2.75, 3.05) is 32.7 Å². The van der Waals surface area contributed by atoms with E-state index in [9.17, 15) is 8.42 Å². The minimum atomic E-state index is -3.22. The molecule has 0 N–H and O–H groups in total. The lowest BCUT2D eigenvalue weighted by Gasteiger charge is -2.34. The molecule has 1 heterocycles. The summed E-state index contributed by atoms with van der Waals surface area (Å²) in [4.78, 5) is 2.35. The highest BCUT2D eigenvalue weighted by atomic mass is 32.2. The molecule has 0 radical (unpaired) electrons. The minimum absolute atomic E-state index is 0.0951. The first-order chi connectivity index (χ1) is 11.6. The standard InChI is InChI=1S/C19H24N2O2S/c22-24(23,17-19-9-5-2-6-10-19)21-15-13-20(14-16-21)12-11-18-7-3-1-4-8-18/h1-10H,11-17H2. The van der Waals surface area contributed by atoms with E-state index >= 15 is 0 Å². The Morgan fingerprint density at radius 2 is 1.29 bits per heavy atom. The van der Waals surface area contributed by atoms with Crippen molar-refractivity contribution in [3.05, 3.63) is 71.8 Å². The van der Waals surface area contributed by atoms with Gasteiger partial charge in [0.25, 0.3) is 0 Å². The van der Waals surface area contributed by atoms with Crippen molar-refractivity contribution >= 4 is 10.0 Å². The van der Waals surface area contributed by atoms with Gasteiger partial charge < -0.3 is 4.90 Å². The van der Waals surface area contributed by atoms with Crippen LogP contribution >= 0.6 is 0 Å². The predicted octanol–water partition coefficient (Wildman–Crippen LogP) is 2.38. The van der Waals surface area contributed by atoms with Gasteiger partial charge >= 0.3 is 0 Å². The first-order valence-corrected chi connectivity index (χ1v) is 10.0. The third-order valence-corrected chi connectivity index (χ3v) is 6.33. The molecular weight excluding hydrogens is 320 g/mol. The lowest BCUT2D eigenvalue weighted by molar-refractivity contribution is 0.190. The Bertz CT molecular complexity index is 724. The largest absolute Gasteiger partial charge is 0.300 e. The van der Waals surface area contributed by atoms with Gasteiger partial charge in [0.1, 0.15) is 0 Å². The smallest absolute Gasteiger partial charge is 0.218 e. The SMILES string of the molecule is O=S(=O)(Cc1ccccc1)N1CCN(CCc2ccccc2)CC1. The molecule has 5 heteroatoms. The molecule has 2 aromatic rings. The zero-order chi connectivity index (χ0) is 16.8. The molecule has 0 amide bonds. The summed E-state index contributed by atoms with van der Waals surface area (Å²) in [5.74, 6) is 0.0951. The third-order valence-electron chi connectivity index (χ3n) is 4.48. The molecule has 1 saturated heterocycles. The van der Waals surface area contributed by atoms with Gasteiger partial charge in [0.05, 0.1) is 5.75 Å². The van der Waals surface area contributed by atoms with Crippen LogP contribution in [0.15, 0.2) is 60.7 Å². The van der Waals surface area contributed by atoms with E-state index in [2.05, 4.69) is 29.2 Å². The molecule has 1 fully saturated rings. The van der Waals surface area contributed by atoms with Crippen LogP contribution < -0.4 is 0 Å². The summed E-state index contributed by atoms with van der Waals surface area (Å²) < 4.78 is 26.7. The van der Waals surface area contributed by atoms with Gasteiger partial charge in [-0.05, 0) is 17.5 Å². The molecular formula is C19H24N2O2S. The lowest BCUT2D eigenvalue weighted by atomic mass is 10.1. The van der Waals surface area contributed by atoms with Crippen LogP contribution in [0.3, 0.4) is 0 Å². The van der Waals surface area contributed by atoms with Gasteiger partial charge in [0.2, 0.25) is 10.0 Å². The average molecular weight is 344 g/mol. The number of nitrogens with zero attached hydrogens (tertiary/aromatic N) is 2. The normalized spacial score (nSPS) is 17.0. The number of benzene rings is 2. The second-order valence-electron chi connectivity index (χ2n) is 6.22. The van der Waals surface area contributed by atoms with Crippen molar-refractivity contribution < 1.29 is 8.42 Å². The van der Waals surface area contributed by atoms with Crippen LogP contribution in [0.1, 0.15) is 11.1 Å². The van der Waals surface area contributed by atoms with Gasteiger partial charge in [-0.15, -0.1) is 0 Å². The maximum Gasteiger partial charge on any atom is 0.218 e. The van der Waals surface area contributed by atoms with Gasteiger partial charge in [-0.3, -0.25) is 0 Å². The fraction of sp³-hybridized carbons (Fsp3) is 0.368. The maximum absolute atomic E-state index is 12.5. The highest BCUT2D eigenvalue weighted by Gasteiger charge is 2.26. The Balaban J connectivity index is 1.49. The Morgan fingerprint density at radius 3 is 1.88 bits per heavy atom. The topological polar surface area (TPSA) is 40.6 Å². The molecule has 0 bridgehead atoms.